The Kier molecular flexibility index (Phi) is 4.86. The lowest BCUT2D eigenvalue weighted by atomic mass is 10.2. The predicted molar refractivity (Wildman–Crippen MR) is 41.1 cm³/mol. The highest BCUT2D eigenvalue weighted by atomic mass is 16.4. The van der Waals surface area contributed by atoms with E-state index in [4.69, 9.17) is 9.90 Å². The Morgan fingerprint density at radius 2 is 2.09 bits per heavy atom. The molecule has 3 nitrogen and oxygen atoms in total. The average molecular weight is 159 g/mol. The molecule has 1 aliphatic heterocycles. The molecule has 11 heavy (non-hydrogen) atoms. The zero-order valence-corrected chi connectivity index (χ0v) is 7.52. The summed E-state index contributed by atoms with van der Waals surface area (Å²) >= 11 is 0. The molecule has 0 aromatic heterocycles. The van der Waals surface area contributed by atoms with Crippen LogP contribution in [0, 0.1) is 5.92 Å². The van der Waals surface area contributed by atoms with E-state index in [1.54, 1.807) is 4.90 Å². The highest BCUT2D eigenvalue weighted by molar-refractivity contribution is 5.60. The number of nitrogens with one attached hydrogen (secondary N) is 1. The van der Waals surface area contributed by atoms with Gasteiger partial charge < -0.3 is 14.8 Å². The van der Waals surface area contributed by atoms with Crippen LogP contribution in [0.2, 0.25) is 0 Å². The van der Waals surface area contributed by atoms with Gasteiger partial charge in [-0.3, -0.25) is 0 Å². The Morgan fingerprint density at radius 3 is 2.18 bits per heavy atom. The minimum atomic E-state index is -1.08. The number of carboxylic acid groups (broad SMARTS) is 1. The van der Waals surface area contributed by atoms with Crippen LogP contribution in [0.25, 0.3) is 0 Å². The smallest absolute Gasteiger partial charge is 0.0797 e. The Morgan fingerprint density at radius 1 is 1.64 bits per heavy atom. The second-order valence-electron chi connectivity index (χ2n) is 3.30. The third kappa shape index (κ3) is 7.33. The van der Waals surface area contributed by atoms with Gasteiger partial charge in [0.15, 0.2) is 0 Å². The number of hydrogen-bond acceptors (Lipinski definition) is 2. The first-order chi connectivity index (χ1) is 5.02. The van der Waals surface area contributed by atoms with E-state index in [2.05, 4.69) is 14.0 Å². The predicted octanol–water partition coefficient (Wildman–Crippen LogP) is -1.70. The minimum absolute atomic E-state index is 0.972. The summed E-state index contributed by atoms with van der Waals surface area (Å²) in [7, 11) is 2.27. The van der Waals surface area contributed by atoms with Crippen molar-refractivity contribution in [1.29, 1.82) is 0 Å². The summed E-state index contributed by atoms with van der Waals surface area (Å²) in [5.74, 6) is -0.0972. The van der Waals surface area contributed by atoms with E-state index < -0.39 is 5.97 Å². The summed E-state index contributed by atoms with van der Waals surface area (Å²) in [5.41, 5.74) is 0. The Hall–Kier alpha value is -0.570. The Labute approximate surface area is 68.0 Å². The molecule has 2 unspecified atom stereocenters. The van der Waals surface area contributed by atoms with Gasteiger partial charge in [-0.2, -0.15) is 0 Å². The maximum atomic E-state index is 8.89. The minimum Gasteiger partial charge on any atom is -0.550 e. The van der Waals surface area contributed by atoms with Gasteiger partial charge in [-0.05, 0) is 6.92 Å². The lowest BCUT2D eigenvalue weighted by Crippen LogP contribution is -3.07. The van der Waals surface area contributed by atoms with Gasteiger partial charge in [0.1, 0.15) is 0 Å². The summed E-state index contributed by atoms with van der Waals surface area (Å²) < 4.78 is 0. The van der Waals surface area contributed by atoms with Gasteiger partial charge in [-0.1, -0.05) is 6.92 Å². The molecule has 0 saturated carbocycles. The van der Waals surface area contributed by atoms with E-state index in [9.17, 15) is 0 Å². The maximum absolute atomic E-state index is 8.89. The molecule has 0 aromatic carbocycles. The molecule has 0 radical (unpaired) electrons. The van der Waals surface area contributed by atoms with Crippen molar-refractivity contribution in [3.63, 3.8) is 0 Å². The number of quaternary nitrogens is 1. The third-order valence-corrected chi connectivity index (χ3v) is 1.76. The highest BCUT2D eigenvalue weighted by Gasteiger charge is 2.17. The standard InChI is InChI=1S/C6H13N.C2H4O2/c1-6-3-4-7(2)5-6;1-2(3)4/h6H,3-5H2,1-2H3;1H3,(H,3,4). The third-order valence-electron chi connectivity index (χ3n) is 1.76. The summed E-state index contributed by atoms with van der Waals surface area (Å²) in [4.78, 5) is 10.6. The molecule has 1 heterocycles. The first-order valence-electron chi connectivity index (χ1n) is 4.01. The van der Waals surface area contributed by atoms with E-state index in [0.29, 0.717) is 0 Å². The maximum Gasteiger partial charge on any atom is 0.0797 e. The van der Waals surface area contributed by atoms with Crippen LogP contribution >= 0.6 is 0 Å². The van der Waals surface area contributed by atoms with Crippen LogP contribution in [0.15, 0.2) is 0 Å². The second-order valence-corrected chi connectivity index (χ2v) is 3.30. The number of aliphatic carboxylic acids is 1. The molecule has 1 aliphatic rings. The monoisotopic (exact) mass is 159 g/mol. The molecule has 0 spiro atoms. The Balaban J connectivity index is 0.000000218. The average Bonchev–Trinajstić information content (AvgIpc) is 2.13. The summed E-state index contributed by atoms with van der Waals surface area (Å²) in [6, 6.07) is 0. The number of carboxylic acids is 1. The van der Waals surface area contributed by atoms with Gasteiger partial charge in [0.05, 0.1) is 20.1 Å². The van der Waals surface area contributed by atoms with E-state index in [1.807, 2.05) is 0 Å². The van der Waals surface area contributed by atoms with Gasteiger partial charge in [-0.15, -0.1) is 0 Å². The molecule has 1 saturated heterocycles. The van der Waals surface area contributed by atoms with Crippen LogP contribution in [-0.4, -0.2) is 26.1 Å². The first-order valence-corrected chi connectivity index (χ1v) is 4.01. The molecule has 0 amide bonds. The van der Waals surface area contributed by atoms with Crippen molar-refractivity contribution < 1.29 is 14.8 Å². The molecule has 3 heteroatoms. The molecule has 0 aliphatic carbocycles. The number of carbonyl (C=O) groups excluding carboxylic acids is 1. The number of likely N-dealkylation sites (tertiary alicyclic amines) is 1. The molecular formula is C8H17NO2. The fraction of sp³-hybridized carbons (Fsp3) is 0.875. The summed E-state index contributed by atoms with van der Waals surface area (Å²) in [6.45, 7) is 6.08. The van der Waals surface area contributed by atoms with Crippen LogP contribution in [0.5, 0.6) is 0 Å². The second kappa shape index (κ2) is 5.13. The molecule has 1 fully saturated rings. The SMILES string of the molecule is CC(=O)[O-].CC1CC[NH+](C)C1. The molecule has 66 valence electrons. The zero-order chi connectivity index (χ0) is 8.85. The molecule has 1 rings (SSSR count). The van der Waals surface area contributed by atoms with Crippen molar-refractivity contribution >= 4 is 5.97 Å². The lowest BCUT2D eigenvalue weighted by molar-refractivity contribution is -0.867. The molecule has 0 aromatic rings. The number of hydrogen-bond donors (Lipinski definition) is 1. The van der Waals surface area contributed by atoms with Gasteiger partial charge in [0, 0.05) is 18.3 Å². The van der Waals surface area contributed by atoms with Crippen LogP contribution in [0.3, 0.4) is 0 Å². The van der Waals surface area contributed by atoms with Gasteiger partial charge in [0.2, 0.25) is 0 Å². The van der Waals surface area contributed by atoms with Crippen molar-refractivity contribution in [1.82, 2.24) is 0 Å². The normalized spacial score (nSPS) is 29.0. The van der Waals surface area contributed by atoms with Crippen molar-refractivity contribution in [2.75, 3.05) is 20.1 Å². The van der Waals surface area contributed by atoms with Crippen LogP contribution < -0.4 is 10.0 Å². The Bertz CT molecular complexity index is 113. The fourth-order valence-corrected chi connectivity index (χ4v) is 1.29. The largest absolute Gasteiger partial charge is 0.550 e. The van der Waals surface area contributed by atoms with Crippen molar-refractivity contribution in [3.05, 3.63) is 0 Å². The van der Waals surface area contributed by atoms with Gasteiger partial charge in [-0.25, -0.2) is 0 Å². The van der Waals surface area contributed by atoms with E-state index >= 15 is 0 Å². The van der Waals surface area contributed by atoms with Crippen LogP contribution in [0.4, 0.5) is 0 Å². The molecule has 2 atom stereocenters. The zero-order valence-electron chi connectivity index (χ0n) is 7.52. The highest BCUT2D eigenvalue weighted by Crippen LogP contribution is 1.99. The van der Waals surface area contributed by atoms with Crippen LogP contribution in [-0.2, 0) is 4.79 Å². The molecule has 0 bridgehead atoms. The lowest BCUT2D eigenvalue weighted by Gasteiger charge is -2.00. The summed E-state index contributed by atoms with van der Waals surface area (Å²) in [5, 5.41) is 8.89. The fourth-order valence-electron chi connectivity index (χ4n) is 1.29. The molecule has 1 N–H and O–H groups in total. The summed E-state index contributed by atoms with van der Waals surface area (Å²) in [6.07, 6.45) is 1.44. The van der Waals surface area contributed by atoms with Gasteiger partial charge >= 0.3 is 0 Å². The number of carbonyl (C=O) groups is 1. The van der Waals surface area contributed by atoms with E-state index in [0.717, 1.165) is 12.8 Å². The van der Waals surface area contributed by atoms with Crippen molar-refractivity contribution in [2.24, 2.45) is 5.92 Å². The number of rotatable bonds is 0. The van der Waals surface area contributed by atoms with E-state index in [-0.39, 0.29) is 0 Å². The first kappa shape index (κ1) is 10.4. The molecular weight excluding hydrogens is 142 g/mol. The van der Waals surface area contributed by atoms with E-state index in [1.165, 1.54) is 19.5 Å². The van der Waals surface area contributed by atoms with Crippen molar-refractivity contribution in [2.45, 2.75) is 20.3 Å². The van der Waals surface area contributed by atoms with Gasteiger partial charge in [0.25, 0.3) is 0 Å². The topological polar surface area (TPSA) is 44.6 Å². The van der Waals surface area contributed by atoms with Crippen LogP contribution in [0.1, 0.15) is 20.3 Å². The van der Waals surface area contributed by atoms with Crippen molar-refractivity contribution in [3.8, 4) is 0 Å². The quantitative estimate of drug-likeness (QED) is 0.458.